The van der Waals surface area contributed by atoms with Crippen molar-refractivity contribution >= 4 is 17.5 Å². The van der Waals surface area contributed by atoms with E-state index in [1.807, 2.05) is 0 Å². The highest BCUT2D eigenvalue weighted by molar-refractivity contribution is 5.86. The number of amides is 1. The minimum absolute atomic E-state index is 0.316. The summed E-state index contributed by atoms with van der Waals surface area (Å²) in [4.78, 5) is 14.6. The fourth-order valence-corrected chi connectivity index (χ4v) is 5.32. The van der Waals surface area contributed by atoms with Crippen molar-refractivity contribution in [3.8, 4) is 0 Å². The monoisotopic (exact) mass is 426 g/mol. The third-order valence-corrected chi connectivity index (χ3v) is 7.00. The molecule has 0 saturated carbocycles. The quantitative estimate of drug-likeness (QED) is 0.530. The molecule has 164 valence electrons. The van der Waals surface area contributed by atoms with Crippen molar-refractivity contribution in [2.75, 3.05) is 30.4 Å². The number of ether oxygens (including phenoxy) is 1. The van der Waals surface area contributed by atoms with E-state index in [1.165, 1.54) is 46.2 Å². The molecule has 0 saturated heterocycles. The van der Waals surface area contributed by atoms with Crippen LogP contribution in [-0.4, -0.2) is 26.3 Å². The summed E-state index contributed by atoms with van der Waals surface area (Å²) in [5, 5.41) is 2.94. The largest absolute Gasteiger partial charge is 0.453 e. The zero-order valence-corrected chi connectivity index (χ0v) is 19.0. The number of hydrogen-bond donors (Lipinski definition) is 1. The van der Waals surface area contributed by atoms with Gasteiger partial charge in [0, 0.05) is 36.3 Å². The average molecular weight is 427 g/mol. The Bertz CT molecular complexity index is 1060. The molecule has 0 fully saturated rings. The van der Waals surface area contributed by atoms with Gasteiger partial charge in [0.05, 0.1) is 7.11 Å². The Morgan fingerprint density at radius 3 is 1.75 bits per heavy atom. The molecule has 0 aromatic heterocycles. The first kappa shape index (κ1) is 20.6. The third-order valence-electron chi connectivity index (χ3n) is 7.00. The SMILES string of the molecule is COC(=O)Nc1cc2c3c(c1)C(c1ccc(C)cc1)CCN3CCC2c1ccc(C)cc1. The van der Waals surface area contributed by atoms with Gasteiger partial charge in [-0.1, -0.05) is 59.7 Å². The van der Waals surface area contributed by atoms with E-state index in [1.54, 1.807) is 0 Å². The molecule has 4 nitrogen and oxygen atoms in total. The lowest BCUT2D eigenvalue weighted by molar-refractivity contribution is 0.187. The Morgan fingerprint density at radius 2 is 1.31 bits per heavy atom. The fourth-order valence-electron chi connectivity index (χ4n) is 5.32. The number of rotatable bonds is 3. The number of hydrogen-bond acceptors (Lipinski definition) is 3. The van der Waals surface area contributed by atoms with Gasteiger partial charge in [-0.05, 0) is 61.1 Å². The number of aryl methyl sites for hydroxylation is 2. The van der Waals surface area contributed by atoms with Crippen molar-refractivity contribution in [3.63, 3.8) is 0 Å². The second-order valence-corrected chi connectivity index (χ2v) is 9.11. The van der Waals surface area contributed by atoms with Crippen LogP contribution in [0.5, 0.6) is 0 Å². The number of anilines is 2. The van der Waals surface area contributed by atoms with Gasteiger partial charge in [-0.3, -0.25) is 5.32 Å². The Kier molecular flexibility index (Phi) is 5.38. The van der Waals surface area contributed by atoms with Crippen LogP contribution >= 0.6 is 0 Å². The number of nitrogens with one attached hydrogen (secondary N) is 1. The van der Waals surface area contributed by atoms with Crippen LogP contribution in [0.15, 0.2) is 60.7 Å². The van der Waals surface area contributed by atoms with Gasteiger partial charge in [0.25, 0.3) is 0 Å². The van der Waals surface area contributed by atoms with Gasteiger partial charge >= 0.3 is 6.09 Å². The molecule has 2 unspecified atom stereocenters. The number of carbonyl (C=O) groups is 1. The van der Waals surface area contributed by atoms with Gasteiger partial charge in [-0.25, -0.2) is 4.79 Å². The molecule has 2 atom stereocenters. The molecule has 3 aromatic carbocycles. The second-order valence-electron chi connectivity index (χ2n) is 9.11. The first-order chi connectivity index (χ1) is 15.5. The van der Waals surface area contributed by atoms with Crippen LogP contribution in [0.25, 0.3) is 0 Å². The van der Waals surface area contributed by atoms with Crippen molar-refractivity contribution in [2.45, 2.75) is 38.5 Å². The molecular formula is C28H30N2O2. The fraction of sp³-hybridized carbons (Fsp3) is 0.321. The Balaban J connectivity index is 1.66. The summed E-state index contributed by atoms with van der Waals surface area (Å²) in [6, 6.07) is 22.1. The van der Waals surface area contributed by atoms with E-state index in [4.69, 9.17) is 4.74 Å². The number of nitrogens with zero attached hydrogens (tertiary/aromatic N) is 1. The van der Waals surface area contributed by atoms with E-state index in [-0.39, 0.29) is 0 Å². The smallest absolute Gasteiger partial charge is 0.411 e. The van der Waals surface area contributed by atoms with Crippen LogP contribution in [0.1, 0.15) is 58.1 Å². The highest BCUT2D eigenvalue weighted by Crippen LogP contribution is 2.49. The predicted molar refractivity (Wildman–Crippen MR) is 130 cm³/mol. The van der Waals surface area contributed by atoms with Gasteiger partial charge in [0.1, 0.15) is 0 Å². The Labute approximate surface area is 190 Å². The van der Waals surface area contributed by atoms with E-state index in [9.17, 15) is 4.79 Å². The molecule has 32 heavy (non-hydrogen) atoms. The molecule has 0 spiro atoms. The molecule has 4 heteroatoms. The topological polar surface area (TPSA) is 41.6 Å². The highest BCUT2D eigenvalue weighted by atomic mass is 16.5. The van der Waals surface area contributed by atoms with Crippen molar-refractivity contribution in [3.05, 3.63) is 94.0 Å². The molecule has 0 aliphatic carbocycles. The molecule has 0 radical (unpaired) electrons. The van der Waals surface area contributed by atoms with E-state index < -0.39 is 6.09 Å². The summed E-state index contributed by atoms with van der Waals surface area (Å²) < 4.78 is 4.90. The molecule has 2 heterocycles. The maximum atomic E-state index is 12.1. The number of methoxy groups -OCH3 is 1. The summed E-state index contributed by atoms with van der Waals surface area (Å²) in [5.74, 6) is 0.633. The Morgan fingerprint density at radius 1 is 0.844 bits per heavy atom. The predicted octanol–water partition coefficient (Wildman–Crippen LogP) is 6.36. The standard InChI is InChI=1S/C28H30N2O2/c1-18-4-8-20(9-5-18)23-12-14-30-15-13-24(21-10-6-19(2)7-11-21)26-17-22(29-28(31)32-3)16-25(23)27(26)30/h4-11,16-17,23-24H,12-15H2,1-3H3,(H,29,31). The van der Waals surface area contributed by atoms with E-state index >= 15 is 0 Å². The van der Waals surface area contributed by atoms with Crippen LogP contribution in [0.4, 0.5) is 16.2 Å². The maximum Gasteiger partial charge on any atom is 0.411 e. The van der Waals surface area contributed by atoms with Crippen LogP contribution in [-0.2, 0) is 4.74 Å². The van der Waals surface area contributed by atoms with Crippen LogP contribution in [0, 0.1) is 13.8 Å². The van der Waals surface area contributed by atoms with E-state index in [0.29, 0.717) is 11.8 Å². The normalized spacial score (nSPS) is 19.3. The molecule has 0 bridgehead atoms. The summed E-state index contributed by atoms with van der Waals surface area (Å²) in [5.41, 5.74) is 10.00. The first-order valence-electron chi connectivity index (χ1n) is 11.4. The lowest BCUT2D eigenvalue weighted by Gasteiger charge is -2.43. The zero-order valence-electron chi connectivity index (χ0n) is 19.0. The molecule has 3 aromatic rings. The van der Waals surface area contributed by atoms with Crippen LogP contribution in [0.2, 0.25) is 0 Å². The highest BCUT2D eigenvalue weighted by Gasteiger charge is 2.35. The van der Waals surface area contributed by atoms with Crippen molar-refractivity contribution in [1.29, 1.82) is 0 Å². The van der Waals surface area contributed by atoms with Gasteiger partial charge in [0.2, 0.25) is 0 Å². The number of benzene rings is 3. The van der Waals surface area contributed by atoms with Crippen LogP contribution in [0.3, 0.4) is 0 Å². The molecule has 1 amide bonds. The third kappa shape index (κ3) is 3.75. The second kappa shape index (κ2) is 8.34. The minimum atomic E-state index is -0.431. The lowest BCUT2D eigenvalue weighted by Crippen LogP contribution is -2.37. The maximum absolute atomic E-state index is 12.1. The van der Waals surface area contributed by atoms with Crippen molar-refractivity contribution < 1.29 is 9.53 Å². The van der Waals surface area contributed by atoms with Crippen LogP contribution < -0.4 is 10.2 Å². The van der Waals surface area contributed by atoms with Gasteiger partial charge in [-0.15, -0.1) is 0 Å². The minimum Gasteiger partial charge on any atom is -0.453 e. The molecule has 1 N–H and O–H groups in total. The molecular weight excluding hydrogens is 396 g/mol. The van der Waals surface area contributed by atoms with Gasteiger partial charge in [0.15, 0.2) is 0 Å². The van der Waals surface area contributed by atoms with Gasteiger partial charge < -0.3 is 9.64 Å². The first-order valence-corrected chi connectivity index (χ1v) is 11.4. The van der Waals surface area contributed by atoms with E-state index in [0.717, 1.165) is 31.6 Å². The summed E-state index contributed by atoms with van der Waals surface area (Å²) in [7, 11) is 1.41. The summed E-state index contributed by atoms with van der Waals surface area (Å²) in [6.45, 7) is 6.37. The zero-order chi connectivity index (χ0) is 22.2. The average Bonchev–Trinajstić information content (AvgIpc) is 2.81. The van der Waals surface area contributed by atoms with Gasteiger partial charge in [-0.2, -0.15) is 0 Å². The summed E-state index contributed by atoms with van der Waals surface area (Å²) >= 11 is 0. The summed E-state index contributed by atoms with van der Waals surface area (Å²) in [6.07, 6.45) is 1.72. The molecule has 2 aliphatic heterocycles. The van der Waals surface area contributed by atoms with Crippen molar-refractivity contribution in [2.24, 2.45) is 0 Å². The molecule has 5 rings (SSSR count). The lowest BCUT2D eigenvalue weighted by atomic mass is 9.76. The molecule has 2 aliphatic rings. The number of carbonyl (C=O) groups excluding carboxylic acids is 1. The van der Waals surface area contributed by atoms with Crippen molar-refractivity contribution in [1.82, 2.24) is 0 Å². The van der Waals surface area contributed by atoms with E-state index in [2.05, 4.69) is 84.7 Å². The Hall–Kier alpha value is -3.27.